The Morgan fingerprint density at radius 1 is 1.44 bits per heavy atom. The molecule has 3 nitrogen and oxygen atoms in total. The largest absolute Gasteiger partial charge is 0.465 e. The van der Waals surface area contributed by atoms with E-state index in [1.807, 2.05) is 6.92 Å². The van der Waals surface area contributed by atoms with E-state index in [0.29, 0.717) is 19.6 Å². The number of esters is 1. The molecule has 0 spiro atoms. The Morgan fingerprint density at radius 3 is 2.72 bits per heavy atom. The lowest BCUT2D eigenvalue weighted by molar-refractivity contribution is -0.150. The van der Waals surface area contributed by atoms with Gasteiger partial charge in [-0.15, -0.1) is 0 Å². The van der Waals surface area contributed by atoms with Crippen molar-refractivity contribution in [3.63, 3.8) is 0 Å². The molecule has 0 saturated heterocycles. The van der Waals surface area contributed by atoms with Crippen LogP contribution in [0.3, 0.4) is 0 Å². The van der Waals surface area contributed by atoms with Crippen LogP contribution in [-0.2, 0) is 16.0 Å². The summed E-state index contributed by atoms with van der Waals surface area (Å²) < 4.78 is 18.2. The molecule has 1 aromatic carbocycles. The predicted octanol–water partition coefficient (Wildman–Crippen LogP) is 2.30. The van der Waals surface area contributed by atoms with Crippen molar-refractivity contribution in [2.45, 2.75) is 32.7 Å². The zero-order chi connectivity index (χ0) is 13.6. The van der Waals surface area contributed by atoms with E-state index >= 15 is 0 Å². The van der Waals surface area contributed by atoms with E-state index < -0.39 is 5.54 Å². The monoisotopic (exact) mass is 253 g/mol. The van der Waals surface area contributed by atoms with Crippen LogP contribution in [0.2, 0.25) is 0 Å². The number of nitrogens with one attached hydrogen (secondary N) is 1. The van der Waals surface area contributed by atoms with Gasteiger partial charge >= 0.3 is 5.97 Å². The SMILES string of the molecule is CCNC(C)(Cc1cccc(F)c1)C(=O)OCC. The molecular formula is C14H20FNO2. The first-order chi connectivity index (χ1) is 8.51. The van der Waals surface area contributed by atoms with Crippen molar-refractivity contribution in [2.75, 3.05) is 13.2 Å². The summed E-state index contributed by atoms with van der Waals surface area (Å²) in [4.78, 5) is 12.0. The van der Waals surface area contributed by atoms with Crippen LogP contribution in [0.1, 0.15) is 26.3 Å². The van der Waals surface area contributed by atoms with Gasteiger partial charge in [-0.3, -0.25) is 4.79 Å². The molecule has 0 bridgehead atoms. The first-order valence-electron chi connectivity index (χ1n) is 6.18. The van der Waals surface area contributed by atoms with E-state index in [2.05, 4.69) is 5.32 Å². The van der Waals surface area contributed by atoms with Crippen LogP contribution < -0.4 is 5.32 Å². The molecule has 4 heteroatoms. The summed E-state index contributed by atoms with van der Waals surface area (Å²) in [5.41, 5.74) is -0.0510. The van der Waals surface area contributed by atoms with Crippen LogP contribution in [0.15, 0.2) is 24.3 Å². The van der Waals surface area contributed by atoms with Gasteiger partial charge in [-0.05, 0) is 38.1 Å². The molecule has 0 fully saturated rings. The second-order valence-corrected chi connectivity index (χ2v) is 4.39. The van der Waals surface area contributed by atoms with Gasteiger partial charge in [0.05, 0.1) is 6.61 Å². The summed E-state index contributed by atoms with van der Waals surface area (Å²) in [6.07, 6.45) is 0.400. The number of hydrogen-bond donors (Lipinski definition) is 1. The van der Waals surface area contributed by atoms with Crippen molar-refractivity contribution in [2.24, 2.45) is 0 Å². The molecule has 0 aliphatic rings. The van der Waals surface area contributed by atoms with Gasteiger partial charge in [0.15, 0.2) is 0 Å². The topological polar surface area (TPSA) is 38.3 Å². The standard InChI is InChI=1S/C14H20FNO2/c1-4-16-14(3,13(17)18-5-2)10-11-7-6-8-12(15)9-11/h6-9,16H,4-5,10H2,1-3H3. The van der Waals surface area contributed by atoms with Crippen molar-refractivity contribution in [3.8, 4) is 0 Å². The van der Waals surface area contributed by atoms with Crippen molar-refractivity contribution in [3.05, 3.63) is 35.6 Å². The van der Waals surface area contributed by atoms with Gasteiger partial charge in [0.25, 0.3) is 0 Å². The zero-order valence-corrected chi connectivity index (χ0v) is 11.1. The fourth-order valence-electron chi connectivity index (χ4n) is 1.94. The highest BCUT2D eigenvalue weighted by atomic mass is 19.1. The number of likely N-dealkylation sites (N-methyl/N-ethyl adjacent to an activating group) is 1. The predicted molar refractivity (Wildman–Crippen MR) is 68.8 cm³/mol. The maximum Gasteiger partial charge on any atom is 0.326 e. The van der Waals surface area contributed by atoms with Gasteiger partial charge in [0.1, 0.15) is 11.4 Å². The Kier molecular flexibility index (Phi) is 5.28. The average molecular weight is 253 g/mol. The van der Waals surface area contributed by atoms with Gasteiger partial charge in [-0.1, -0.05) is 19.1 Å². The third kappa shape index (κ3) is 3.81. The summed E-state index contributed by atoms with van der Waals surface area (Å²) in [6.45, 7) is 6.45. The molecule has 1 atom stereocenters. The van der Waals surface area contributed by atoms with Crippen LogP contribution in [0.5, 0.6) is 0 Å². The number of halogens is 1. The van der Waals surface area contributed by atoms with E-state index in [1.54, 1.807) is 26.0 Å². The molecule has 0 aromatic heterocycles. The fraction of sp³-hybridized carbons (Fsp3) is 0.500. The van der Waals surface area contributed by atoms with Gasteiger partial charge in [-0.2, -0.15) is 0 Å². The van der Waals surface area contributed by atoms with E-state index in [9.17, 15) is 9.18 Å². The molecule has 1 aromatic rings. The van der Waals surface area contributed by atoms with Gasteiger partial charge in [0.2, 0.25) is 0 Å². The molecule has 1 unspecified atom stereocenters. The Morgan fingerprint density at radius 2 is 2.17 bits per heavy atom. The lowest BCUT2D eigenvalue weighted by atomic mass is 9.92. The van der Waals surface area contributed by atoms with E-state index in [1.165, 1.54) is 12.1 Å². The minimum Gasteiger partial charge on any atom is -0.465 e. The fourth-order valence-corrected chi connectivity index (χ4v) is 1.94. The Balaban J connectivity index is 2.88. The molecule has 1 rings (SSSR count). The first-order valence-corrected chi connectivity index (χ1v) is 6.18. The highest BCUT2D eigenvalue weighted by Gasteiger charge is 2.33. The highest BCUT2D eigenvalue weighted by Crippen LogP contribution is 2.16. The summed E-state index contributed by atoms with van der Waals surface area (Å²) in [5, 5.41) is 3.11. The molecule has 0 radical (unpaired) electrons. The number of ether oxygens (including phenoxy) is 1. The number of rotatable bonds is 6. The van der Waals surface area contributed by atoms with Crippen molar-refractivity contribution >= 4 is 5.97 Å². The normalized spacial score (nSPS) is 14.0. The second kappa shape index (κ2) is 6.50. The lowest BCUT2D eigenvalue weighted by Crippen LogP contribution is -2.52. The average Bonchev–Trinajstić information content (AvgIpc) is 2.29. The van der Waals surface area contributed by atoms with Gasteiger partial charge in [-0.25, -0.2) is 4.39 Å². The minimum absolute atomic E-state index is 0.296. The number of carbonyl (C=O) groups excluding carboxylic acids is 1. The maximum atomic E-state index is 13.1. The van der Waals surface area contributed by atoms with Crippen molar-refractivity contribution < 1.29 is 13.9 Å². The van der Waals surface area contributed by atoms with Gasteiger partial charge in [0, 0.05) is 6.42 Å². The minimum atomic E-state index is -0.821. The maximum absolute atomic E-state index is 13.1. The molecule has 0 aliphatic heterocycles. The number of carbonyl (C=O) groups is 1. The molecule has 18 heavy (non-hydrogen) atoms. The Bertz CT molecular complexity index is 409. The molecule has 0 aliphatic carbocycles. The molecular weight excluding hydrogens is 233 g/mol. The van der Waals surface area contributed by atoms with E-state index in [0.717, 1.165) is 5.56 Å². The van der Waals surface area contributed by atoms with Crippen LogP contribution in [0, 0.1) is 5.82 Å². The smallest absolute Gasteiger partial charge is 0.326 e. The second-order valence-electron chi connectivity index (χ2n) is 4.39. The summed E-state index contributed by atoms with van der Waals surface area (Å²) in [6, 6.07) is 6.27. The highest BCUT2D eigenvalue weighted by molar-refractivity contribution is 5.80. The van der Waals surface area contributed by atoms with Crippen molar-refractivity contribution in [1.29, 1.82) is 0 Å². The lowest BCUT2D eigenvalue weighted by Gasteiger charge is -2.28. The summed E-state index contributed by atoms with van der Waals surface area (Å²) in [7, 11) is 0. The van der Waals surface area contributed by atoms with Crippen LogP contribution >= 0.6 is 0 Å². The van der Waals surface area contributed by atoms with Crippen LogP contribution in [-0.4, -0.2) is 24.7 Å². The number of hydrogen-bond acceptors (Lipinski definition) is 3. The molecule has 100 valence electrons. The summed E-state index contributed by atoms with van der Waals surface area (Å²) >= 11 is 0. The third-order valence-electron chi connectivity index (χ3n) is 2.74. The van der Waals surface area contributed by atoms with Crippen LogP contribution in [0.25, 0.3) is 0 Å². The molecule has 0 amide bonds. The Hall–Kier alpha value is -1.42. The molecule has 1 N–H and O–H groups in total. The molecule has 0 saturated carbocycles. The zero-order valence-electron chi connectivity index (χ0n) is 11.1. The first kappa shape index (κ1) is 14.6. The number of benzene rings is 1. The van der Waals surface area contributed by atoms with Crippen LogP contribution in [0.4, 0.5) is 4.39 Å². The third-order valence-corrected chi connectivity index (χ3v) is 2.74. The molecule has 0 heterocycles. The van der Waals surface area contributed by atoms with Gasteiger partial charge < -0.3 is 10.1 Å². The van der Waals surface area contributed by atoms with E-state index in [-0.39, 0.29) is 11.8 Å². The quantitative estimate of drug-likeness (QED) is 0.791. The van der Waals surface area contributed by atoms with Crippen molar-refractivity contribution in [1.82, 2.24) is 5.32 Å². The summed E-state index contributed by atoms with van der Waals surface area (Å²) in [5.74, 6) is -0.605. The Labute approximate surface area is 107 Å². The van der Waals surface area contributed by atoms with E-state index in [4.69, 9.17) is 4.74 Å².